The van der Waals surface area contributed by atoms with Crippen LogP contribution in [0.1, 0.15) is 18.9 Å². The molecule has 0 aliphatic rings. The number of hydrogen-bond donors (Lipinski definition) is 1. The molecule has 1 heterocycles. The second kappa shape index (κ2) is 7.61. The quantitative estimate of drug-likeness (QED) is 0.549. The van der Waals surface area contributed by atoms with Crippen molar-refractivity contribution in [3.05, 3.63) is 64.1 Å². The van der Waals surface area contributed by atoms with Crippen molar-refractivity contribution in [1.29, 1.82) is 0 Å². The van der Waals surface area contributed by atoms with Gasteiger partial charge in [-0.3, -0.25) is 9.67 Å². The summed E-state index contributed by atoms with van der Waals surface area (Å²) in [6.45, 7) is 1.75. The molecule has 1 atom stereocenters. The molecular weight excluding hydrogens is 403 g/mol. The Bertz CT molecular complexity index is 969. The SMILES string of the molecule is CC(Oc1ccc(OC(F)(F)F)cc1)c1n[nH]c(=S)n1-c1ccc(Cl)cc1. The number of nitrogens with one attached hydrogen (secondary N) is 1. The lowest BCUT2D eigenvalue weighted by atomic mass is 10.3. The summed E-state index contributed by atoms with van der Waals surface area (Å²) < 4.78 is 48.3. The summed E-state index contributed by atoms with van der Waals surface area (Å²) in [4.78, 5) is 0. The van der Waals surface area contributed by atoms with Crippen LogP contribution < -0.4 is 9.47 Å². The first-order chi connectivity index (χ1) is 12.7. The van der Waals surface area contributed by atoms with Crippen LogP contribution in [-0.4, -0.2) is 21.1 Å². The van der Waals surface area contributed by atoms with E-state index >= 15 is 0 Å². The summed E-state index contributed by atoms with van der Waals surface area (Å²) in [7, 11) is 0. The molecule has 0 spiro atoms. The molecule has 10 heteroatoms. The third kappa shape index (κ3) is 4.81. The van der Waals surface area contributed by atoms with Crippen molar-refractivity contribution >= 4 is 23.8 Å². The van der Waals surface area contributed by atoms with E-state index in [1.165, 1.54) is 24.3 Å². The number of rotatable bonds is 5. The van der Waals surface area contributed by atoms with Crippen LogP contribution in [0.25, 0.3) is 5.69 Å². The lowest BCUT2D eigenvalue weighted by Crippen LogP contribution is -2.17. The maximum atomic E-state index is 12.2. The van der Waals surface area contributed by atoms with Crippen molar-refractivity contribution in [2.45, 2.75) is 19.4 Å². The number of ether oxygens (including phenoxy) is 2. The molecule has 5 nitrogen and oxygen atoms in total. The zero-order chi connectivity index (χ0) is 19.6. The molecule has 0 fully saturated rings. The van der Waals surface area contributed by atoms with Gasteiger partial charge in [0.05, 0.1) is 0 Å². The number of nitrogens with zero attached hydrogens (tertiary/aromatic N) is 2. The lowest BCUT2D eigenvalue weighted by Gasteiger charge is -2.16. The number of alkyl halides is 3. The first-order valence-corrected chi connectivity index (χ1v) is 8.47. The van der Waals surface area contributed by atoms with E-state index in [1.807, 2.05) is 0 Å². The minimum Gasteiger partial charge on any atom is -0.483 e. The van der Waals surface area contributed by atoms with E-state index in [4.69, 9.17) is 28.6 Å². The number of aromatic amines is 1. The molecule has 1 unspecified atom stereocenters. The lowest BCUT2D eigenvalue weighted by molar-refractivity contribution is -0.274. The van der Waals surface area contributed by atoms with E-state index in [0.717, 1.165) is 5.69 Å². The fraction of sp³-hybridized carbons (Fsp3) is 0.176. The molecule has 27 heavy (non-hydrogen) atoms. The van der Waals surface area contributed by atoms with Crippen molar-refractivity contribution < 1.29 is 22.6 Å². The van der Waals surface area contributed by atoms with Gasteiger partial charge in [-0.05, 0) is 67.7 Å². The number of H-pyrrole nitrogens is 1. The first-order valence-electron chi connectivity index (χ1n) is 7.68. The summed E-state index contributed by atoms with van der Waals surface area (Å²) in [5.41, 5.74) is 0.748. The number of benzene rings is 2. The third-order valence-corrected chi connectivity index (χ3v) is 4.04. The fourth-order valence-electron chi connectivity index (χ4n) is 2.40. The molecule has 2 aromatic carbocycles. The van der Waals surface area contributed by atoms with E-state index in [-0.39, 0.29) is 5.75 Å². The van der Waals surface area contributed by atoms with Gasteiger partial charge in [-0.15, -0.1) is 13.2 Å². The smallest absolute Gasteiger partial charge is 0.483 e. The van der Waals surface area contributed by atoms with Crippen LogP contribution in [-0.2, 0) is 0 Å². The molecule has 1 aromatic heterocycles. The van der Waals surface area contributed by atoms with E-state index < -0.39 is 12.5 Å². The average Bonchev–Trinajstić information content (AvgIpc) is 2.98. The second-order valence-corrected chi connectivity index (χ2v) is 6.30. The third-order valence-electron chi connectivity index (χ3n) is 3.52. The van der Waals surface area contributed by atoms with Gasteiger partial charge >= 0.3 is 6.36 Å². The van der Waals surface area contributed by atoms with Crippen molar-refractivity contribution in [3.63, 3.8) is 0 Å². The zero-order valence-electron chi connectivity index (χ0n) is 13.8. The minimum atomic E-state index is -4.74. The van der Waals surface area contributed by atoms with Crippen LogP contribution in [0.3, 0.4) is 0 Å². The summed E-state index contributed by atoms with van der Waals surface area (Å²) in [6, 6.07) is 12.1. The van der Waals surface area contributed by atoms with E-state index in [0.29, 0.717) is 21.4 Å². The van der Waals surface area contributed by atoms with Gasteiger partial charge in [0, 0.05) is 10.7 Å². The highest BCUT2D eigenvalue weighted by atomic mass is 35.5. The van der Waals surface area contributed by atoms with Crippen molar-refractivity contribution in [3.8, 4) is 17.2 Å². The molecule has 0 bridgehead atoms. The Balaban J connectivity index is 1.80. The molecule has 0 aliphatic carbocycles. The predicted molar refractivity (Wildman–Crippen MR) is 95.9 cm³/mol. The Morgan fingerprint density at radius 3 is 2.26 bits per heavy atom. The first kappa shape index (κ1) is 19.2. The Kier molecular flexibility index (Phi) is 5.43. The van der Waals surface area contributed by atoms with Gasteiger partial charge in [0.25, 0.3) is 0 Å². The van der Waals surface area contributed by atoms with Gasteiger partial charge in [0.15, 0.2) is 16.7 Å². The highest BCUT2D eigenvalue weighted by molar-refractivity contribution is 7.71. The molecule has 1 N–H and O–H groups in total. The number of hydrogen-bond acceptors (Lipinski definition) is 4. The molecule has 142 valence electrons. The van der Waals surface area contributed by atoms with Crippen molar-refractivity contribution in [2.24, 2.45) is 0 Å². The highest BCUT2D eigenvalue weighted by Gasteiger charge is 2.31. The predicted octanol–water partition coefficient (Wildman–Crippen LogP) is 5.62. The van der Waals surface area contributed by atoms with E-state index in [1.54, 1.807) is 35.8 Å². The molecule has 3 aromatic rings. The van der Waals surface area contributed by atoms with Crippen molar-refractivity contribution in [1.82, 2.24) is 14.8 Å². The van der Waals surface area contributed by atoms with Crippen LogP contribution in [0.4, 0.5) is 13.2 Å². The van der Waals surface area contributed by atoms with Gasteiger partial charge < -0.3 is 9.47 Å². The Morgan fingerprint density at radius 1 is 1.07 bits per heavy atom. The zero-order valence-corrected chi connectivity index (χ0v) is 15.4. The molecule has 3 rings (SSSR count). The summed E-state index contributed by atoms with van der Waals surface area (Å²) in [5.74, 6) is 0.526. The van der Waals surface area contributed by atoms with Crippen LogP contribution in [0, 0.1) is 4.77 Å². The summed E-state index contributed by atoms with van der Waals surface area (Å²) in [6.07, 6.45) is -5.28. The maximum Gasteiger partial charge on any atom is 0.573 e. The van der Waals surface area contributed by atoms with Gasteiger partial charge in [-0.1, -0.05) is 11.6 Å². The standard InChI is InChI=1S/C17H13ClF3N3O2S/c1-10(25-13-6-8-14(9-7-13)26-17(19,20)21)15-22-23-16(27)24(15)12-4-2-11(18)3-5-12/h2-10H,1H3,(H,23,27). The highest BCUT2D eigenvalue weighted by Crippen LogP contribution is 2.27. The van der Waals surface area contributed by atoms with Gasteiger partial charge in [-0.2, -0.15) is 5.10 Å². The molecule has 0 saturated heterocycles. The molecule has 0 saturated carbocycles. The second-order valence-electron chi connectivity index (χ2n) is 5.48. The summed E-state index contributed by atoms with van der Waals surface area (Å²) in [5, 5.41) is 7.48. The van der Waals surface area contributed by atoms with E-state index in [9.17, 15) is 13.2 Å². The molecule has 0 amide bonds. The Labute approximate surface area is 162 Å². The molecule has 0 radical (unpaired) electrons. The van der Waals surface area contributed by atoms with Gasteiger partial charge in [-0.25, -0.2) is 0 Å². The van der Waals surface area contributed by atoms with Crippen molar-refractivity contribution in [2.75, 3.05) is 0 Å². The normalized spacial score (nSPS) is 12.6. The Hall–Kier alpha value is -2.52. The number of aromatic nitrogens is 3. The largest absolute Gasteiger partial charge is 0.573 e. The van der Waals surface area contributed by atoms with Crippen LogP contribution in [0.2, 0.25) is 5.02 Å². The minimum absolute atomic E-state index is 0.327. The average molecular weight is 416 g/mol. The van der Waals surface area contributed by atoms with Gasteiger partial charge in [0.2, 0.25) is 0 Å². The summed E-state index contributed by atoms with van der Waals surface area (Å²) >= 11 is 11.2. The monoisotopic (exact) mass is 415 g/mol. The molecule has 0 aliphatic heterocycles. The van der Waals surface area contributed by atoms with E-state index in [2.05, 4.69) is 14.9 Å². The topological polar surface area (TPSA) is 52.1 Å². The van der Waals surface area contributed by atoms with Crippen LogP contribution in [0.15, 0.2) is 48.5 Å². The van der Waals surface area contributed by atoms with Gasteiger partial charge in [0.1, 0.15) is 11.5 Å². The van der Waals surface area contributed by atoms with Crippen LogP contribution >= 0.6 is 23.8 Å². The fourth-order valence-corrected chi connectivity index (χ4v) is 2.77. The Morgan fingerprint density at radius 2 is 1.67 bits per heavy atom. The maximum absolute atomic E-state index is 12.2. The number of halogens is 4. The van der Waals surface area contributed by atoms with Crippen LogP contribution in [0.5, 0.6) is 11.5 Å². The molecular formula is C17H13ClF3N3O2S.